The van der Waals surface area contributed by atoms with E-state index in [0.717, 1.165) is 20.6 Å². The molecule has 3 rings (SSSR count). The maximum atomic E-state index is 11.4. The van der Waals surface area contributed by atoms with Gasteiger partial charge in [-0.05, 0) is 23.0 Å². The zero-order valence-electron chi connectivity index (χ0n) is 18.6. The first kappa shape index (κ1) is 33.7. The second kappa shape index (κ2) is 17.7. The average Bonchev–Trinajstić information content (AvgIpc) is 3.10. The van der Waals surface area contributed by atoms with Crippen LogP contribution >= 0.6 is 0 Å². The van der Waals surface area contributed by atoms with Crippen molar-refractivity contribution >= 4 is 26.2 Å². The van der Waals surface area contributed by atoms with Crippen LogP contribution in [0.3, 0.4) is 0 Å². The number of carbonyl (C=O) groups excluding carboxylic acids is 1. The quantitative estimate of drug-likeness (QED) is 0.400. The van der Waals surface area contributed by atoms with Crippen molar-refractivity contribution in [3.63, 3.8) is 0 Å². The third-order valence-electron chi connectivity index (χ3n) is 4.15. The Morgan fingerprint density at radius 3 is 1.73 bits per heavy atom. The van der Waals surface area contributed by atoms with E-state index in [9.17, 15) is 4.79 Å². The standard InChI is InChI=1S/C13H19NO.C9H7.C2H6Si.2ClH.Ti/c1-8(2)10-6-5-7-11(9(3)4)12(10)13(14)15;1-2-5-9-7-3-6-8(9)4-1;1-3-2;;;/h5-9H,1-4H3,(H2,14,15);1-7H;1-2H3;2*1H;/q;-1;;;;+4/p-3. The number of carbonyl (C=O) groups is 1. The molecule has 0 bridgehead atoms. The average molecular weight is 496 g/mol. The van der Waals surface area contributed by atoms with Crippen LogP contribution in [0.15, 0.2) is 60.7 Å². The van der Waals surface area contributed by atoms with Crippen LogP contribution in [0.25, 0.3) is 16.5 Å². The Labute approximate surface area is 212 Å². The minimum absolute atomic E-state index is 0. The van der Waals surface area contributed by atoms with Crippen molar-refractivity contribution in [3.8, 4) is 0 Å². The Morgan fingerprint density at radius 2 is 1.33 bits per heavy atom. The first-order valence-corrected chi connectivity index (χ1v) is 11.4. The fraction of sp³-hybridized carbons (Fsp3) is 0.333. The van der Waals surface area contributed by atoms with Crippen LogP contribution in [0, 0.1) is 0 Å². The predicted molar refractivity (Wildman–Crippen MR) is 120 cm³/mol. The zero-order chi connectivity index (χ0) is 20.4. The Kier molecular flexibility index (Phi) is 19.8. The maximum absolute atomic E-state index is 11.4. The first-order valence-electron chi connectivity index (χ1n) is 9.41. The van der Waals surface area contributed by atoms with Gasteiger partial charge in [0, 0.05) is 15.1 Å². The number of hydrogen-bond donors (Lipinski definition) is 0. The van der Waals surface area contributed by atoms with E-state index in [1.807, 2.05) is 45.9 Å². The molecule has 0 heterocycles. The fourth-order valence-corrected chi connectivity index (χ4v) is 2.88. The topological polar surface area (TPSA) is 40.9 Å². The van der Waals surface area contributed by atoms with Crippen molar-refractivity contribution in [2.24, 2.45) is 0 Å². The van der Waals surface area contributed by atoms with E-state index in [4.69, 9.17) is 5.73 Å². The molecule has 1 amide bonds. The van der Waals surface area contributed by atoms with Crippen molar-refractivity contribution in [1.29, 1.82) is 0 Å². The molecule has 0 spiro atoms. The van der Waals surface area contributed by atoms with E-state index in [1.165, 1.54) is 10.8 Å². The van der Waals surface area contributed by atoms with Gasteiger partial charge in [-0.2, -0.15) is 17.5 Å². The molecule has 0 saturated heterocycles. The number of hydrogen-bond acceptors (Lipinski definition) is 1. The van der Waals surface area contributed by atoms with Gasteiger partial charge in [-0.3, -0.25) is 0 Å². The summed E-state index contributed by atoms with van der Waals surface area (Å²) in [5.74, 6) is 0.00370. The van der Waals surface area contributed by atoms with Crippen molar-refractivity contribution in [2.45, 2.75) is 52.6 Å². The zero-order valence-corrected chi connectivity index (χ0v) is 22.7. The van der Waals surface area contributed by atoms with Crippen LogP contribution in [0.2, 0.25) is 13.1 Å². The molecule has 30 heavy (non-hydrogen) atoms. The van der Waals surface area contributed by atoms with E-state index in [2.05, 4.69) is 55.6 Å². The van der Waals surface area contributed by atoms with Gasteiger partial charge in [0.05, 0.1) is 5.91 Å². The molecule has 2 radical (unpaired) electrons. The summed E-state index contributed by atoms with van der Waals surface area (Å²) >= 11 is 0. The minimum atomic E-state index is -0.567. The Morgan fingerprint density at radius 1 is 0.867 bits per heavy atom. The second-order valence-corrected chi connectivity index (χ2v) is 8.10. The largest absolute Gasteiger partial charge is 4.00 e. The molecule has 0 atom stereocenters. The molecule has 0 unspecified atom stereocenters. The Balaban J connectivity index is -0.000000419. The Hall–Kier alpha value is -0.969. The van der Waals surface area contributed by atoms with Crippen LogP contribution < -0.4 is 24.8 Å². The summed E-state index contributed by atoms with van der Waals surface area (Å²) in [6.45, 7) is 12.5. The summed E-state index contributed by atoms with van der Waals surface area (Å²) < 4.78 is 0. The normalized spacial score (nSPS) is 9.20. The summed E-state index contributed by atoms with van der Waals surface area (Å²) in [5.41, 5.74) is 9.92. The third kappa shape index (κ3) is 10.4. The molecule has 3 aromatic rings. The molecule has 3 aromatic carbocycles. The van der Waals surface area contributed by atoms with Gasteiger partial charge in [0.2, 0.25) is 0 Å². The van der Waals surface area contributed by atoms with Gasteiger partial charge in [0.1, 0.15) is 0 Å². The van der Waals surface area contributed by atoms with Crippen LogP contribution in [0.5, 0.6) is 0 Å². The van der Waals surface area contributed by atoms with Gasteiger partial charge in [-0.1, -0.05) is 65.1 Å². The molecule has 0 aliphatic carbocycles. The molecule has 1 N–H and O–H groups in total. The van der Waals surface area contributed by atoms with Crippen molar-refractivity contribution in [3.05, 3.63) is 83.1 Å². The van der Waals surface area contributed by atoms with E-state index >= 15 is 0 Å². The summed E-state index contributed by atoms with van der Waals surface area (Å²) in [7, 11) is 1.08. The second-order valence-electron chi connectivity index (χ2n) is 7.10. The molecule has 6 heteroatoms. The number of nitrogens with one attached hydrogen (secondary N) is 1. The van der Waals surface area contributed by atoms with Crippen LogP contribution in [0.1, 0.15) is 61.0 Å². The molecular formula is C24H31Cl2NOSiTi. The van der Waals surface area contributed by atoms with E-state index in [1.54, 1.807) is 0 Å². The monoisotopic (exact) mass is 495 g/mol. The molecule has 0 aliphatic rings. The molecule has 160 valence electrons. The first-order chi connectivity index (χ1) is 12.8. The van der Waals surface area contributed by atoms with Crippen LogP contribution in [0.4, 0.5) is 0 Å². The number of fused-ring (bicyclic) bond motifs is 1. The maximum Gasteiger partial charge on any atom is 4.00 e. The number of benzene rings is 2. The van der Waals surface area contributed by atoms with Crippen molar-refractivity contribution in [2.75, 3.05) is 0 Å². The molecule has 0 aliphatic heterocycles. The fourth-order valence-electron chi connectivity index (χ4n) is 2.88. The SMILES string of the molecule is CC(C)c1cccc(C(C)C)c1C([NH-])=O.C[Si]C.[Cl-].[Cl-].[Ti+4].c1ccc2[cH-]ccc2c1. The van der Waals surface area contributed by atoms with E-state index < -0.39 is 5.91 Å². The Bertz CT molecular complexity index is 794. The minimum Gasteiger partial charge on any atom is -1.00 e. The number of rotatable bonds is 3. The predicted octanol–water partition coefficient (Wildman–Crippen LogP) is 1.48. The third-order valence-corrected chi connectivity index (χ3v) is 4.15. The molecule has 0 aromatic heterocycles. The number of halogens is 2. The molecular weight excluding hydrogens is 465 g/mol. The smallest absolute Gasteiger partial charge is 1.00 e. The summed E-state index contributed by atoms with van der Waals surface area (Å²) in [6.07, 6.45) is 0. The molecule has 0 saturated carbocycles. The van der Waals surface area contributed by atoms with Gasteiger partial charge < -0.3 is 35.3 Å². The summed E-state index contributed by atoms with van der Waals surface area (Å²) in [6, 6.07) is 20.5. The van der Waals surface area contributed by atoms with Crippen LogP contribution in [-0.4, -0.2) is 15.4 Å². The summed E-state index contributed by atoms with van der Waals surface area (Å²) in [4.78, 5) is 11.4. The van der Waals surface area contributed by atoms with Crippen molar-refractivity contribution in [1.82, 2.24) is 0 Å². The van der Waals surface area contributed by atoms with Gasteiger partial charge in [0.15, 0.2) is 0 Å². The van der Waals surface area contributed by atoms with Crippen molar-refractivity contribution < 1.29 is 51.3 Å². The van der Waals surface area contributed by atoms with Gasteiger partial charge in [-0.15, -0.1) is 29.7 Å². The van der Waals surface area contributed by atoms with Gasteiger partial charge in [0.25, 0.3) is 0 Å². The van der Waals surface area contributed by atoms with Gasteiger partial charge >= 0.3 is 21.7 Å². The molecule has 2 nitrogen and oxygen atoms in total. The van der Waals surface area contributed by atoms with E-state index in [0.29, 0.717) is 5.56 Å². The van der Waals surface area contributed by atoms with E-state index in [-0.39, 0.29) is 58.4 Å². The summed E-state index contributed by atoms with van der Waals surface area (Å²) in [5, 5.41) is 2.66. The van der Waals surface area contributed by atoms with Crippen LogP contribution in [-0.2, 0) is 21.7 Å². The number of amides is 1. The molecule has 0 fully saturated rings. The van der Waals surface area contributed by atoms with Gasteiger partial charge in [-0.25, -0.2) is 0 Å².